The summed E-state index contributed by atoms with van der Waals surface area (Å²) in [5.41, 5.74) is 1.04. The largest absolute Gasteiger partial charge is 0.478 e. The Morgan fingerprint density at radius 2 is 2.19 bits per heavy atom. The average Bonchev–Trinajstić information content (AvgIpc) is 2.30. The van der Waals surface area contributed by atoms with E-state index in [-0.39, 0.29) is 0 Å². The highest BCUT2D eigenvalue weighted by Crippen LogP contribution is 2.19. The van der Waals surface area contributed by atoms with Crippen molar-refractivity contribution < 1.29 is 4.74 Å². The van der Waals surface area contributed by atoms with Crippen LogP contribution in [0.2, 0.25) is 5.02 Å². The molecule has 0 bridgehead atoms. The molecular formula is C12H19ClN2O. The van der Waals surface area contributed by atoms with E-state index in [0.717, 1.165) is 31.5 Å². The molecule has 0 aromatic carbocycles. The molecule has 4 heteroatoms. The molecule has 0 aliphatic carbocycles. The Hall–Kier alpha value is -0.800. The Morgan fingerprint density at radius 3 is 2.88 bits per heavy atom. The maximum Gasteiger partial charge on any atom is 0.213 e. The van der Waals surface area contributed by atoms with Crippen LogP contribution in [0.4, 0.5) is 0 Å². The van der Waals surface area contributed by atoms with Crippen molar-refractivity contribution in [3.8, 4) is 5.88 Å². The van der Waals surface area contributed by atoms with Crippen LogP contribution < -0.4 is 10.1 Å². The number of pyridine rings is 1. The van der Waals surface area contributed by atoms with Gasteiger partial charge in [-0.3, -0.25) is 0 Å². The zero-order valence-electron chi connectivity index (χ0n) is 9.92. The predicted octanol–water partition coefficient (Wildman–Crippen LogP) is 3.02. The lowest BCUT2D eigenvalue weighted by Crippen LogP contribution is -2.14. The van der Waals surface area contributed by atoms with Gasteiger partial charge in [0.25, 0.3) is 0 Å². The third-order valence-corrected chi connectivity index (χ3v) is 2.45. The number of hydrogen-bond acceptors (Lipinski definition) is 3. The van der Waals surface area contributed by atoms with Gasteiger partial charge in [0.2, 0.25) is 5.88 Å². The van der Waals surface area contributed by atoms with Crippen LogP contribution >= 0.6 is 11.6 Å². The maximum absolute atomic E-state index is 6.05. The topological polar surface area (TPSA) is 34.1 Å². The minimum atomic E-state index is 0.652. The molecule has 0 amide bonds. The highest BCUT2D eigenvalue weighted by Gasteiger charge is 2.03. The first-order valence-corrected chi connectivity index (χ1v) is 6.13. The minimum absolute atomic E-state index is 0.652. The van der Waals surface area contributed by atoms with Crippen molar-refractivity contribution in [2.24, 2.45) is 0 Å². The van der Waals surface area contributed by atoms with Crippen molar-refractivity contribution in [1.82, 2.24) is 10.3 Å². The Labute approximate surface area is 102 Å². The van der Waals surface area contributed by atoms with E-state index in [1.54, 1.807) is 6.20 Å². The van der Waals surface area contributed by atoms with E-state index >= 15 is 0 Å². The molecular weight excluding hydrogens is 224 g/mol. The summed E-state index contributed by atoms with van der Waals surface area (Å²) in [7, 11) is 0. The van der Waals surface area contributed by atoms with E-state index in [2.05, 4.69) is 24.1 Å². The number of hydrogen-bond donors (Lipinski definition) is 1. The summed E-state index contributed by atoms with van der Waals surface area (Å²) in [4.78, 5) is 4.12. The molecule has 0 aliphatic rings. The molecule has 1 N–H and O–H groups in total. The molecule has 90 valence electrons. The summed E-state index contributed by atoms with van der Waals surface area (Å²) in [6.07, 6.45) is 3.74. The van der Waals surface area contributed by atoms with Gasteiger partial charge in [-0.2, -0.15) is 0 Å². The molecule has 0 spiro atoms. The fourth-order valence-corrected chi connectivity index (χ4v) is 1.45. The van der Waals surface area contributed by atoms with Gasteiger partial charge in [0, 0.05) is 18.8 Å². The van der Waals surface area contributed by atoms with Crippen LogP contribution in [-0.4, -0.2) is 18.1 Å². The molecule has 1 rings (SSSR count). The van der Waals surface area contributed by atoms with Gasteiger partial charge in [-0.15, -0.1) is 0 Å². The highest BCUT2D eigenvalue weighted by atomic mass is 35.5. The van der Waals surface area contributed by atoms with Crippen molar-refractivity contribution in [3.63, 3.8) is 0 Å². The summed E-state index contributed by atoms with van der Waals surface area (Å²) < 4.78 is 5.46. The monoisotopic (exact) mass is 242 g/mol. The lowest BCUT2D eigenvalue weighted by Gasteiger charge is -2.08. The van der Waals surface area contributed by atoms with Crippen LogP contribution in [0.1, 0.15) is 32.3 Å². The van der Waals surface area contributed by atoms with Crippen LogP contribution in [-0.2, 0) is 6.54 Å². The average molecular weight is 243 g/mol. The lowest BCUT2D eigenvalue weighted by molar-refractivity contribution is 0.305. The van der Waals surface area contributed by atoms with E-state index in [1.165, 1.54) is 0 Å². The van der Waals surface area contributed by atoms with Gasteiger partial charge >= 0.3 is 0 Å². The van der Waals surface area contributed by atoms with Crippen LogP contribution in [0.25, 0.3) is 0 Å². The Morgan fingerprint density at radius 1 is 1.38 bits per heavy atom. The standard InChI is InChI=1S/C12H19ClN2O/c1-3-5-14-8-10-7-12(16-6-4-2)15-9-11(10)13/h7,9,14H,3-6,8H2,1-2H3. The van der Waals surface area contributed by atoms with Crippen LogP contribution in [0.5, 0.6) is 5.88 Å². The van der Waals surface area contributed by atoms with Gasteiger partial charge in [-0.05, 0) is 24.9 Å². The van der Waals surface area contributed by atoms with E-state index in [4.69, 9.17) is 16.3 Å². The quantitative estimate of drug-likeness (QED) is 0.747. The molecule has 0 saturated carbocycles. The van der Waals surface area contributed by atoms with Crippen LogP contribution in [0.3, 0.4) is 0 Å². The normalized spacial score (nSPS) is 10.4. The van der Waals surface area contributed by atoms with Crippen molar-refractivity contribution in [3.05, 3.63) is 22.8 Å². The van der Waals surface area contributed by atoms with Crippen molar-refractivity contribution in [1.29, 1.82) is 0 Å². The third-order valence-electron chi connectivity index (χ3n) is 2.11. The summed E-state index contributed by atoms with van der Waals surface area (Å²) in [6, 6.07) is 1.90. The van der Waals surface area contributed by atoms with Gasteiger partial charge < -0.3 is 10.1 Å². The second-order valence-electron chi connectivity index (χ2n) is 3.64. The smallest absolute Gasteiger partial charge is 0.213 e. The molecule has 16 heavy (non-hydrogen) atoms. The van der Waals surface area contributed by atoms with Gasteiger partial charge in [-0.25, -0.2) is 4.98 Å². The molecule has 0 unspecified atom stereocenters. The Balaban J connectivity index is 2.59. The molecule has 0 aliphatic heterocycles. The van der Waals surface area contributed by atoms with Gasteiger partial charge in [0.1, 0.15) is 0 Å². The fourth-order valence-electron chi connectivity index (χ4n) is 1.28. The van der Waals surface area contributed by atoms with Crippen LogP contribution in [0, 0.1) is 0 Å². The molecule has 3 nitrogen and oxygen atoms in total. The van der Waals surface area contributed by atoms with Crippen molar-refractivity contribution in [2.45, 2.75) is 33.2 Å². The second kappa shape index (κ2) is 7.47. The Kier molecular flexibility index (Phi) is 6.19. The molecule has 1 heterocycles. The highest BCUT2D eigenvalue weighted by molar-refractivity contribution is 6.31. The first kappa shape index (κ1) is 13.3. The molecule has 1 aromatic rings. The summed E-state index contributed by atoms with van der Waals surface area (Å²) >= 11 is 6.05. The number of nitrogens with one attached hydrogen (secondary N) is 1. The van der Waals surface area contributed by atoms with Crippen LogP contribution in [0.15, 0.2) is 12.3 Å². The van der Waals surface area contributed by atoms with E-state index < -0.39 is 0 Å². The fraction of sp³-hybridized carbons (Fsp3) is 0.583. The number of rotatable bonds is 7. The van der Waals surface area contributed by atoms with Crippen molar-refractivity contribution in [2.75, 3.05) is 13.2 Å². The SMILES string of the molecule is CCCNCc1cc(OCCC)ncc1Cl. The summed E-state index contributed by atoms with van der Waals surface area (Å²) in [6.45, 7) is 6.65. The lowest BCUT2D eigenvalue weighted by atomic mass is 10.2. The molecule has 0 atom stereocenters. The molecule has 0 saturated heterocycles. The molecule has 0 radical (unpaired) electrons. The Bertz CT molecular complexity index is 318. The van der Waals surface area contributed by atoms with E-state index in [1.807, 2.05) is 6.07 Å². The number of nitrogens with zero attached hydrogens (tertiary/aromatic N) is 1. The zero-order valence-corrected chi connectivity index (χ0v) is 10.7. The molecule has 1 aromatic heterocycles. The van der Waals surface area contributed by atoms with Gasteiger partial charge in [0.05, 0.1) is 11.6 Å². The number of aromatic nitrogens is 1. The maximum atomic E-state index is 6.05. The van der Waals surface area contributed by atoms with Crippen molar-refractivity contribution >= 4 is 11.6 Å². The number of halogens is 1. The first-order valence-electron chi connectivity index (χ1n) is 5.75. The van der Waals surface area contributed by atoms with E-state index in [9.17, 15) is 0 Å². The minimum Gasteiger partial charge on any atom is -0.478 e. The predicted molar refractivity (Wildman–Crippen MR) is 67.0 cm³/mol. The molecule has 0 fully saturated rings. The third kappa shape index (κ3) is 4.37. The zero-order chi connectivity index (χ0) is 11.8. The van der Waals surface area contributed by atoms with E-state index in [0.29, 0.717) is 17.5 Å². The van der Waals surface area contributed by atoms with Gasteiger partial charge in [-0.1, -0.05) is 25.4 Å². The number of ether oxygens (including phenoxy) is 1. The summed E-state index contributed by atoms with van der Waals surface area (Å²) in [5.74, 6) is 0.652. The van der Waals surface area contributed by atoms with Gasteiger partial charge in [0.15, 0.2) is 0 Å². The summed E-state index contributed by atoms with van der Waals surface area (Å²) in [5, 5.41) is 4.00. The first-order chi connectivity index (χ1) is 7.77. The second-order valence-corrected chi connectivity index (χ2v) is 4.05.